The number of halogens is 3. The van der Waals surface area contributed by atoms with Gasteiger partial charge < -0.3 is 5.73 Å². The Hall–Kier alpha value is -0.900. The van der Waals surface area contributed by atoms with Gasteiger partial charge in [-0.05, 0) is 29.8 Å². The minimum absolute atomic E-state index is 0.319. The van der Waals surface area contributed by atoms with Crippen LogP contribution in [0.3, 0.4) is 0 Å². The van der Waals surface area contributed by atoms with Crippen molar-refractivity contribution in [3.8, 4) is 0 Å². The van der Waals surface area contributed by atoms with E-state index in [1.165, 1.54) is 17.8 Å². The molecule has 0 radical (unpaired) electrons. The SMILES string of the molecule is Nc1cccc(Cl)c1SCc1ccc(Cl)cc1F. The maximum Gasteiger partial charge on any atom is 0.128 e. The number of hydrogen-bond donors (Lipinski definition) is 1. The molecule has 0 bridgehead atoms. The van der Waals surface area contributed by atoms with Crippen LogP contribution in [0, 0.1) is 5.82 Å². The average molecular weight is 302 g/mol. The lowest BCUT2D eigenvalue weighted by Crippen LogP contribution is -1.91. The Bertz CT molecular complexity index is 555. The van der Waals surface area contributed by atoms with Crippen LogP contribution < -0.4 is 5.73 Å². The zero-order chi connectivity index (χ0) is 13.1. The fourth-order valence-electron chi connectivity index (χ4n) is 1.47. The molecule has 0 aliphatic carbocycles. The molecule has 0 aliphatic rings. The van der Waals surface area contributed by atoms with Gasteiger partial charge in [0.05, 0.1) is 5.02 Å². The van der Waals surface area contributed by atoms with E-state index in [9.17, 15) is 4.39 Å². The molecule has 2 aromatic carbocycles. The molecule has 5 heteroatoms. The Morgan fingerprint density at radius 1 is 1.17 bits per heavy atom. The topological polar surface area (TPSA) is 26.0 Å². The summed E-state index contributed by atoms with van der Waals surface area (Å²) in [7, 11) is 0. The first-order chi connectivity index (χ1) is 8.58. The van der Waals surface area contributed by atoms with Crippen LogP contribution in [0.4, 0.5) is 10.1 Å². The van der Waals surface area contributed by atoms with Gasteiger partial charge in [0.2, 0.25) is 0 Å². The van der Waals surface area contributed by atoms with Crippen LogP contribution in [-0.2, 0) is 5.75 Å². The normalized spacial score (nSPS) is 10.6. The Morgan fingerprint density at radius 2 is 1.94 bits per heavy atom. The average Bonchev–Trinajstić information content (AvgIpc) is 2.31. The van der Waals surface area contributed by atoms with Crippen LogP contribution in [0.2, 0.25) is 10.0 Å². The van der Waals surface area contributed by atoms with Gasteiger partial charge in [-0.25, -0.2) is 4.39 Å². The summed E-state index contributed by atoms with van der Waals surface area (Å²) in [6, 6.07) is 9.94. The van der Waals surface area contributed by atoms with E-state index in [-0.39, 0.29) is 5.82 Å². The monoisotopic (exact) mass is 301 g/mol. The summed E-state index contributed by atoms with van der Waals surface area (Å²) in [5.74, 6) is 0.136. The summed E-state index contributed by atoms with van der Waals surface area (Å²) in [6.45, 7) is 0. The van der Waals surface area contributed by atoms with Gasteiger partial charge in [-0.3, -0.25) is 0 Å². The molecule has 0 fully saturated rings. The zero-order valence-corrected chi connectivity index (χ0v) is 11.6. The van der Waals surface area contributed by atoms with Gasteiger partial charge in [-0.2, -0.15) is 0 Å². The fourth-order valence-corrected chi connectivity index (χ4v) is 2.95. The molecule has 1 nitrogen and oxygen atoms in total. The zero-order valence-electron chi connectivity index (χ0n) is 9.29. The summed E-state index contributed by atoms with van der Waals surface area (Å²) >= 11 is 13.1. The highest BCUT2D eigenvalue weighted by Gasteiger charge is 2.08. The lowest BCUT2D eigenvalue weighted by atomic mass is 10.2. The van der Waals surface area contributed by atoms with E-state index in [1.54, 1.807) is 30.3 Å². The molecule has 0 aliphatic heterocycles. The van der Waals surface area contributed by atoms with Crippen LogP contribution in [0.25, 0.3) is 0 Å². The first-order valence-corrected chi connectivity index (χ1v) is 6.93. The quantitative estimate of drug-likeness (QED) is 0.637. The van der Waals surface area contributed by atoms with E-state index in [0.717, 1.165) is 4.90 Å². The number of hydrogen-bond acceptors (Lipinski definition) is 2. The van der Waals surface area contributed by atoms with E-state index in [0.29, 0.717) is 27.0 Å². The molecule has 0 spiro atoms. The Kier molecular flexibility index (Phi) is 4.38. The highest BCUT2D eigenvalue weighted by Crippen LogP contribution is 2.35. The van der Waals surface area contributed by atoms with Crippen molar-refractivity contribution in [3.05, 3.63) is 57.8 Å². The molecule has 0 saturated heterocycles. The predicted octanol–water partition coefficient (Wildman–Crippen LogP) is 5.01. The Morgan fingerprint density at radius 3 is 2.61 bits per heavy atom. The van der Waals surface area contributed by atoms with E-state index in [1.807, 2.05) is 0 Å². The highest BCUT2D eigenvalue weighted by atomic mass is 35.5. The first-order valence-electron chi connectivity index (χ1n) is 5.18. The molecule has 0 saturated carbocycles. The van der Waals surface area contributed by atoms with Gasteiger partial charge in [0.1, 0.15) is 5.82 Å². The molecular formula is C13H10Cl2FNS. The van der Waals surface area contributed by atoms with Crippen LogP contribution in [0.5, 0.6) is 0 Å². The molecular weight excluding hydrogens is 292 g/mol. The number of nitrogens with two attached hydrogens (primary N) is 1. The summed E-state index contributed by atoms with van der Waals surface area (Å²) in [5.41, 5.74) is 7.00. The van der Waals surface area contributed by atoms with Crippen molar-refractivity contribution >= 4 is 40.7 Å². The Balaban J connectivity index is 2.16. The molecule has 0 amide bonds. The van der Waals surface area contributed by atoms with Crippen molar-refractivity contribution in [2.45, 2.75) is 10.6 Å². The lowest BCUT2D eigenvalue weighted by Gasteiger charge is -2.08. The molecule has 2 aromatic rings. The van der Waals surface area contributed by atoms with Gasteiger partial charge in [-0.1, -0.05) is 35.3 Å². The summed E-state index contributed by atoms with van der Waals surface area (Å²) in [6.07, 6.45) is 0. The third-order valence-electron chi connectivity index (χ3n) is 2.38. The van der Waals surface area contributed by atoms with Crippen molar-refractivity contribution in [2.24, 2.45) is 0 Å². The second-order valence-electron chi connectivity index (χ2n) is 3.68. The molecule has 0 unspecified atom stereocenters. The summed E-state index contributed by atoms with van der Waals surface area (Å²) in [5, 5.41) is 0.966. The fraction of sp³-hybridized carbons (Fsp3) is 0.0769. The van der Waals surface area contributed by atoms with Gasteiger partial charge in [-0.15, -0.1) is 11.8 Å². The van der Waals surface area contributed by atoms with Gasteiger partial charge in [0.25, 0.3) is 0 Å². The molecule has 0 heterocycles. The van der Waals surface area contributed by atoms with Crippen molar-refractivity contribution in [2.75, 3.05) is 5.73 Å². The van der Waals surface area contributed by atoms with Crippen LogP contribution in [-0.4, -0.2) is 0 Å². The van der Waals surface area contributed by atoms with Gasteiger partial charge >= 0.3 is 0 Å². The van der Waals surface area contributed by atoms with Crippen molar-refractivity contribution < 1.29 is 4.39 Å². The number of anilines is 1. The van der Waals surface area contributed by atoms with E-state index in [4.69, 9.17) is 28.9 Å². The minimum Gasteiger partial charge on any atom is -0.398 e. The molecule has 2 N–H and O–H groups in total. The number of nitrogen functional groups attached to an aromatic ring is 1. The predicted molar refractivity (Wildman–Crippen MR) is 76.8 cm³/mol. The molecule has 0 atom stereocenters. The lowest BCUT2D eigenvalue weighted by molar-refractivity contribution is 0.617. The number of thioether (sulfide) groups is 1. The van der Waals surface area contributed by atoms with Crippen LogP contribution in [0.15, 0.2) is 41.3 Å². The molecule has 0 aromatic heterocycles. The van der Waals surface area contributed by atoms with Crippen molar-refractivity contribution in [1.82, 2.24) is 0 Å². The summed E-state index contributed by atoms with van der Waals surface area (Å²) in [4.78, 5) is 0.772. The number of benzene rings is 2. The van der Waals surface area contributed by atoms with Crippen LogP contribution in [0.1, 0.15) is 5.56 Å². The molecule has 18 heavy (non-hydrogen) atoms. The van der Waals surface area contributed by atoms with Crippen LogP contribution >= 0.6 is 35.0 Å². The van der Waals surface area contributed by atoms with Crippen molar-refractivity contribution in [3.63, 3.8) is 0 Å². The maximum absolute atomic E-state index is 13.6. The highest BCUT2D eigenvalue weighted by molar-refractivity contribution is 7.98. The van der Waals surface area contributed by atoms with Gasteiger partial charge in [0.15, 0.2) is 0 Å². The number of rotatable bonds is 3. The second-order valence-corrected chi connectivity index (χ2v) is 5.51. The van der Waals surface area contributed by atoms with Crippen molar-refractivity contribution in [1.29, 1.82) is 0 Å². The third-order valence-corrected chi connectivity index (χ3v) is 4.25. The first kappa shape index (κ1) is 13.5. The van der Waals surface area contributed by atoms with E-state index < -0.39 is 0 Å². The summed E-state index contributed by atoms with van der Waals surface area (Å²) < 4.78 is 13.6. The minimum atomic E-state index is -0.319. The second kappa shape index (κ2) is 5.83. The molecule has 2 rings (SSSR count). The van der Waals surface area contributed by atoms with E-state index in [2.05, 4.69) is 0 Å². The smallest absolute Gasteiger partial charge is 0.128 e. The third kappa shape index (κ3) is 3.10. The van der Waals surface area contributed by atoms with Gasteiger partial charge in [0, 0.05) is 21.4 Å². The largest absolute Gasteiger partial charge is 0.398 e. The standard InChI is InChI=1S/C13H10Cl2FNS/c14-9-5-4-8(11(16)6-9)7-18-13-10(15)2-1-3-12(13)17/h1-6H,7,17H2. The van der Waals surface area contributed by atoms with E-state index >= 15 is 0 Å². The molecule has 94 valence electrons. The Labute approximate surface area is 119 Å². The maximum atomic E-state index is 13.6.